The number of amides is 1. The molecule has 0 spiro atoms. The van der Waals surface area contributed by atoms with Crippen molar-refractivity contribution in [3.63, 3.8) is 0 Å². The van der Waals surface area contributed by atoms with Crippen molar-refractivity contribution >= 4 is 23.5 Å². The van der Waals surface area contributed by atoms with Gasteiger partial charge in [-0.1, -0.05) is 30.3 Å². The van der Waals surface area contributed by atoms with Crippen LogP contribution in [0.25, 0.3) is 0 Å². The van der Waals surface area contributed by atoms with Crippen molar-refractivity contribution in [3.05, 3.63) is 88.4 Å². The van der Waals surface area contributed by atoms with Crippen LogP contribution in [-0.4, -0.2) is 48.0 Å². The summed E-state index contributed by atoms with van der Waals surface area (Å²) in [6.07, 6.45) is 2.84. The molecule has 9 nitrogen and oxygen atoms in total. The van der Waals surface area contributed by atoms with Crippen LogP contribution in [0.4, 0.5) is 5.69 Å². The number of ether oxygens (including phenoxy) is 2. The molecule has 214 valence electrons. The first kappa shape index (κ1) is 29.4. The van der Waals surface area contributed by atoms with Crippen molar-refractivity contribution in [2.45, 2.75) is 64.0 Å². The molecule has 0 aliphatic carbocycles. The van der Waals surface area contributed by atoms with Gasteiger partial charge in [0.15, 0.2) is 0 Å². The number of likely N-dealkylation sites (tertiary alicyclic amines) is 1. The molecule has 0 saturated carbocycles. The minimum Gasteiger partial charge on any atom is -0.466 e. The van der Waals surface area contributed by atoms with E-state index in [4.69, 9.17) is 15.2 Å². The van der Waals surface area contributed by atoms with Crippen LogP contribution >= 0.6 is 0 Å². The van der Waals surface area contributed by atoms with Gasteiger partial charge in [0.1, 0.15) is 11.5 Å². The van der Waals surface area contributed by atoms with Crippen LogP contribution in [0, 0.1) is 11.3 Å². The largest absolute Gasteiger partial charge is 0.466 e. The van der Waals surface area contributed by atoms with E-state index in [0.717, 1.165) is 19.3 Å². The molecular formula is C32H36N4O5. The standard InChI is InChI=1S/C32H36N4O5/c1-31(2)17-10-18-32(3,4)36(31)28(37)21-13-15-22(16-14-21)35-26(30(39)41-6)25(29(38)40-5)24(23(19-33)27(35)34)20-11-8-7-9-12-20/h7-9,11-16,24H,10,17-18,34H2,1-6H3. The van der Waals surface area contributed by atoms with Crippen molar-refractivity contribution in [1.82, 2.24) is 4.90 Å². The van der Waals surface area contributed by atoms with Gasteiger partial charge in [0.25, 0.3) is 5.91 Å². The number of carbonyl (C=O) groups excluding carboxylic acids is 3. The van der Waals surface area contributed by atoms with Gasteiger partial charge in [-0.05, 0) is 76.8 Å². The topological polar surface area (TPSA) is 126 Å². The van der Waals surface area contributed by atoms with E-state index in [2.05, 4.69) is 33.8 Å². The van der Waals surface area contributed by atoms with Gasteiger partial charge < -0.3 is 20.1 Å². The highest BCUT2D eigenvalue weighted by Crippen LogP contribution is 2.44. The van der Waals surface area contributed by atoms with Gasteiger partial charge >= 0.3 is 11.9 Å². The molecule has 2 N–H and O–H groups in total. The highest BCUT2D eigenvalue weighted by Gasteiger charge is 2.45. The minimum atomic E-state index is -0.955. The molecule has 1 saturated heterocycles. The summed E-state index contributed by atoms with van der Waals surface area (Å²) in [5, 5.41) is 10.2. The van der Waals surface area contributed by atoms with E-state index in [-0.39, 0.29) is 39.6 Å². The lowest BCUT2D eigenvalue weighted by molar-refractivity contribution is -0.139. The maximum absolute atomic E-state index is 13.8. The van der Waals surface area contributed by atoms with Crippen molar-refractivity contribution in [2.75, 3.05) is 19.1 Å². The smallest absolute Gasteiger partial charge is 0.355 e. The molecule has 0 aromatic heterocycles. The number of benzene rings is 2. The van der Waals surface area contributed by atoms with Gasteiger partial charge in [-0.2, -0.15) is 5.26 Å². The quantitative estimate of drug-likeness (QED) is 0.522. The zero-order chi connectivity index (χ0) is 30.1. The maximum Gasteiger partial charge on any atom is 0.355 e. The summed E-state index contributed by atoms with van der Waals surface area (Å²) in [4.78, 5) is 43.5. The number of nitriles is 1. The third-order valence-corrected chi connectivity index (χ3v) is 7.97. The maximum atomic E-state index is 13.8. The molecular weight excluding hydrogens is 520 g/mol. The van der Waals surface area contributed by atoms with E-state index in [0.29, 0.717) is 16.8 Å². The Hall–Kier alpha value is -4.58. The second-order valence-corrected chi connectivity index (χ2v) is 11.5. The normalized spacial score (nSPS) is 19.9. The summed E-state index contributed by atoms with van der Waals surface area (Å²) in [7, 11) is 2.40. The second-order valence-electron chi connectivity index (χ2n) is 11.5. The fraction of sp³-hybridized carbons (Fsp3) is 0.375. The summed E-state index contributed by atoms with van der Waals surface area (Å²) < 4.78 is 10.2. The molecule has 4 rings (SSSR count). The number of carbonyl (C=O) groups is 3. The summed E-state index contributed by atoms with van der Waals surface area (Å²) >= 11 is 0. The Morgan fingerprint density at radius 1 is 0.902 bits per heavy atom. The zero-order valence-electron chi connectivity index (χ0n) is 24.4. The first-order valence-corrected chi connectivity index (χ1v) is 13.5. The Balaban J connectivity index is 1.87. The van der Waals surface area contributed by atoms with Gasteiger partial charge in [-0.3, -0.25) is 9.69 Å². The number of nitrogens with zero attached hydrogens (tertiary/aromatic N) is 3. The Labute approximate surface area is 240 Å². The molecule has 2 heterocycles. The Morgan fingerprint density at radius 2 is 1.46 bits per heavy atom. The first-order chi connectivity index (χ1) is 19.4. The van der Waals surface area contributed by atoms with Gasteiger partial charge in [0.2, 0.25) is 0 Å². The number of hydrogen-bond donors (Lipinski definition) is 1. The van der Waals surface area contributed by atoms with Crippen LogP contribution in [0.5, 0.6) is 0 Å². The molecule has 2 aliphatic rings. The van der Waals surface area contributed by atoms with Crippen molar-refractivity contribution in [1.29, 1.82) is 5.26 Å². The number of anilines is 1. The molecule has 1 amide bonds. The number of allylic oxidation sites excluding steroid dienone is 1. The number of methoxy groups -OCH3 is 2. The van der Waals surface area contributed by atoms with Gasteiger partial charge in [0.05, 0.1) is 37.4 Å². The average molecular weight is 557 g/mol. The molecule has 9 heteroatoms. The molecule has 1 atom stereocenters. The van der Waals surface area contributed by atoms with Crippen LogP contribution in [0.3, 0.4) is 0 Å². The van der Waals surface area contributed by atoms with E-state index >= 15 is 0 Å². The third kappa shape index (κ3) is 5.18. The highest BCUT2D eigenvalue weighted by molar-refractivity contribution is 6.06. The Kier molecular flexibility index (Phi) is 7.98. The summed E-state index contributed by atoms with van der Waals surface area (Å²) in [6.45, 7) is 8.31. The van der Waals surface area contributed by atoms with Crippen LogP contribution in [-0.2, 0) is 19.1 Å². The molecule has 2 aliphatic heterocycles. The molecule has 0 bridgehead atoms. The third-order valence-electron chi connectivity index (χ3n) is 7.97. The van der Waals surface area contributed by atoms with Crippen molar-refractivity contribution < 1.29 is 23.9 Å². The van der Waals surface area contributed by atoms with Crippen LogP contribution in [0.15, 0.2) is 77.3 Å². The molecule has 2 aromatic rings. The second kappa shape index (κ2) is 11.1. The molecule has 0 radical (unpaired) electrons. The van der Waals surface area contributed by atoms with E-state index in [1.54, 1.807) is 54.6 Å². The highest BCUT2D eigenvalue weighted by atomic mass is 16.5. The SMILES string of the molecule is COC(=O)C1=C(C(=O)OC)N(c2ccc(C(=O)N3C(C)(C)CCCC3(C)C)cc2)C(N)=C(C#N)C1c1ccccc1. The van der Waals surface area contributed by atoms with Crippen molar-refractivity contribution in [2.24, 2.45) is 5.73 Å². The Morgan fingerprint density at radius 3 is 1.98 bits per heavy atom. The number of hydrogen-bond acceptors (Lipinski definition) is 8. The number of rotatable bonds is 5. The predicted octanol–water partition coefficient (Wildman–Crippen LogP) is 4.77. The van der Waals surface area contributed by atoms with Crippen LogP contribution < -0.4 is 10.6 Å². The van der Waals surface area contributed by atoms with E-state index in [1.807, 2.05) is 4.90 Å². The monoisotopic (exact) mass is 556 g/mol. The predicted molar refractivity (Wildman–Crippen MR) is 154 cm³/mol. The number of nitrogens with two attached hydrogens (primary N) is 1. The van der Waals surface area contributed by atoms with Gasteiger partial charge in [-0.25, -0.2) is 9.59 Å². The molecule has 1 unspecified atom stereocenters. The molecule has 1 fully saturated rings. The van der Waals surface area contributed by atoms with Crippen LogP contribution in [0.1, 0.15) is 68.8 Å². The lowest BCUT2D eigenvalue weighted by Crippen LogP contribution is -2.60. The van der Waals surface area contributed by atoms with E-state index in [9.17, 15) is 19.6 Å². The van der Waals surface area contributed by atoms with Gasteiger partial charge in [-0.15, -0.1) is 0 Å². The molecule has 41 heavy (non-hydrogen) atoms. The molecule has 2 aromatic carbocycles. The summed E-state index contributed by atoms with van der Waals surface area (Å²) in [6, 6.07) is 17.6. The summed E-state index contributed by atoms with van der Waals surface area (Å²) in [5.74, 6) is -2.72. The lowest BCUT2D eigenvalue weighted by Gasteiger charge is -2.53. The first-order valence-electron chi connectivity index (χ1n) is 13.5. The minimum absolute atomic E-state index is 0.0354. The lowest BCUT2D eigenvalue weighted by atomic mass is 9.79. The van der Waals surface area contributed by atoms with Crippen molar-refractivity contribution in [3.8, 4) is 6.07 Å². The zero-order valence-corrected chi connectivity index (χ0v) is 24.4. The van der Waals surface area contributed by atoms with Gasteiger partial charge in [0, 0.05) is 22.3 Å². The van der Waals surface area contributed by atoms with E-state index in [1.165, 1.54) is 19.1 Å². The fourth-order valence-electron chi connectivity index (χ4n) is 6.21. The number of piperidine rings is 1. The average Bonchev–Trinajstić information content (AvgIpc) is 2.95. The fourth-order valence-corrected chi connectivity index (χ4v) is 6.21. The number of esters is 2. The van der Waals surface area contributed by atoms with Crippen LogP contribution in [0.2, 0.25) is 0 Å². The summed E-state index contributed by atoms with van der Waals surface area (Å²) in [5.41, 5.74) is 7.20. The van der Waals surface area contributed by atoms with E-state index < -0.39 is 17.9 Å². The Bertz CT molecular complexity index is 1450.